The summed E-state index contributed by atoms with van der Waals surface area (Å²) in [5.41, 5.74) is 1.98. The summed E-state index contributed by atoms with van der Waals surface area (Å²) in [4.78, 5) is 0. The molecule has 46 heavy (non-hydrogen) atoms. The lowest BCUT2D eigenvalue weighted by atomic mass is 9.80. The summed E-state index contributed by atoms with van der Waals surface area (Å²) < 4.78 is 152. The third-order valence-corrected chi connectivity index (χ3v) is 9.28. The van der Waals surface area contributed by atoms with Gasteiger partial charge in [0.2, 0.25) is 0 Å². The van der Waals surface area contributed by atoms with Crippen LogP contribution in [0.2, 0.25) is 0 Å². The normalized spacial score (nSPS) is 18.5. The lowest BCUT2D eigenvalue weighted by Crippen LogP contribution is -2.14. The topological polar surface area (TPSA) is 13.1 Å². The highest BCUT2D eigenvalue weighted by Gasteiger charge is 2.37. The Morgan fingerprint density at radius 3 is 1.89 bits per heavy atom. The van der Waals surface area contributed by atoms with Gasteiger partial charge in [0.05, 0.1) is 21.9 Å². The van der Waals surface area contributed by atoms with Gasteiger partial charge in [-0.05, 0) is 95.0 Å². The van der Waals surface area contributed by atoms with Crippen LogP contribution in [0.5, 0.6) is 0 Å². The number of hydrogen-bond donors (Lipinski definition) is 0. The van der Waals surface area contributed by atoms with E-state index in [2.05, 4.69) is 13.8 Å². The fraction of sp³-hybridized carbons (Fsp3) is 0.0667. The van der Waals surface area contributed by atoms with Gasteiger partial charge in [0, 0.05) is 16.2 Å². The summed E-state index contributed by atoms with van der Waals surface area (Å²) in [6, 6.07) is 4.99. The minimum absolute atomic E-state index is 0.0674. The van der Waals surface area contributed by atoms with Crippen LogP contribution in [0.25, 0.3) is 87.6 Å². The zero-order valence-electron chi connectivity index (χ0n) is 40.5. The molecular weight excluding hydrogens is 556 g/mol. The highest BCUT2D eigenvalue weighted by atomic mass is 16.3. The van der Waals surface area contributed by atoms with Gasteiger partial charge in [0.25, 0.3) is 0 Å². The second kappa shape index (κ2) is 9.19. The molecule has 1 aliphatic carbocycles. The predicted octanol–water partition coefficient (Wildman–Crippen LogP) is 12.7. The molecule has 0 fully saturated rings. The van der Waals surface area contributed by atoms with Crippen molar-refractivity contribution in [2.45, 2.75) is 19.3 Å². The summed E-state index contributed by atoms with van der Waals surface area (Å²) in [7, 11) is 0. The van der Waals surface area contributed by atoms with Gasteiger partial charge in [-0.3, -0.25) is 0 Å². The molecule has 0 atom stereocenters. The largest absolute Gasteiger partial charge is 0.456 e. The smallest absolute Gasteiger partial charge is 0.136 e. The van der Waals surface area contributed by atoms with Crippen molar-refractivity contribution in [1.82, 2.24) is 0 Å². The third-order valence-electron chi connectivity index (χ3n) is 9.28. The van der Waals surface area contributed by atoms with Gasteiger partial charge in [-0.1, -0.05) is 141 Å². The Morgan fingerprint density at radius 2 is 1.13 bits per heavy atom. The molecule has 0 saturated heterocycles. The minimum Gasteiger partial charge on any atom is -0.456 e. The second-order valence-corrected chi connectivity index (χ2v) is 12.0. The Balaban J connectivity index is 1.51. The second-order valence-electron chi connectivity index (χ2n) is 12.0. The van der Waals surface area contributed by atoms with Gasteiger partial charge < -0.3 is 4.42 Å². The first-order valence-electron chi connectivity index (χ1n) is 22.8. The van der Waals surface area contributed by atoms with Crippen LogP contribution in [0.4, 0.5) is 0 Å². The maximum absolute atomic E-state index is 9.91. The molecule has 0 amide bonds. The van der Waals surface area contributed by atoms with Crippen LogP contribution >= 0.6 is 0 Å². The predicted molar refractivity (Wildman–Crippen MR) is 195 cm³/mol. The molecule has 9 aromatic rings. The SMILES string of the molecule is [2H]c1c([2H])c([2H])c2c(cc([2H])c3oc4c([2H])c([2H])c(-c5c6c([2H])c([2H])c([2H])c([2H])c6c(-c6cccc7c6-c6ccccc6C7(C)C)c6c([2H])c([2H])c([2H])c([2H])c56)c([2H])c4c32)c1[2H]. The lowest BCUT2D eigenvalue weighted by molar-refractivity contribution is 0.660. The van der Waals surface area contributed by atoms with Crippen LogP contribution in [0.15, 0.2) is 150 Å². The van der Waals surface area contributed by atoms with Crippen molar-refractivity contribution in [3.05, 3.63) is 156 Å². The van der Waals surface area contributed by atoms with E-state index in [9.17, 15) is 9.60 Å². The molecule has 0 aliphatic heterocycles. The molecule has 1 heteroatoms. The molecular formula is C45H30O. The number of benzene rings is 8. The molecule has 0 unspecified atom stereocenters. The van der Waals surface area contributed by atoms with E-state index >= 15 is 0 Å². The van der Waals surface area contributed by atoms with E-state index in [1.165, 1.54) is 6.07 Å². The Kier molecular flexibility index (Phi) is 2.92. The van der Waals surface area contributed by atoms with Gasteiger partial charge >= 0.3 is 0 Å². The van der Waals surface area contributed by atoms with Gasteiger partial charge in [-0.15, -0.1) is 0 Å². The van der Waals surface area contributed by atoms with Crippen LogP contribution < -0.4 is 0 Å². The molecule has 0 saturated carbocycles. The zero-order valence-corrected chi connectivity index (χ0v) is 24.5. The number of furan rings is 1. The maximum Gasteiger partial charge on any atom is 0.136 e. The third kappa shape index (κ3) is 3.35. The van der Waals surface area contributed by atoms with Gasteiger partial charge in [0.15, 0.2) is 0 Å². The summed E-state index contributed by atoms with van der Waals surface area (Å²) in [5, 5.41) is -1.36. The number of hydrogen-bond acceptors (Lipinski definition) is 1. The van der Waals surface area contributed by atoms with E-state index in [0.717, 1.165) is 16.7 Å². The van der Waals surface area contributed by atoms with Crippen LogP contribution in [0.1, 0.15) is 46.9 Å². The van der Waals surface area contributed by atoms with E-state index in [1.54, 1.807) is 12.1 Å². The maximum atomic E-state index is 9.91. The molecule has 8 aromatic carbocycles. The lowest BCUT2D eigenvalue weighted by Gasteiger charge is -2.22. The van der Waals surface area contributed by atoms with E-state index in [0.29, 0.717) is 11.1 Å². The molecule has 216 valence electrons. The van der Waals surface area contributed by atoms with Crippen molar-refractivity contribution in [2.75, 3.05) is 0 Å². The summed E-state index contributed by atoms with van der Waals surface area (Å²) in [6.07, 6.45) is 0. The molecule has 1 aliphatic rings. The summed E-state index contributed by atoms with van der Waals surface area (Å²) in [6.45, 7) is 4.10. The van der Waals surface area contributed by atoms with Crippen LogP contribution in [0, 0.1) is 0 Å². The highest BCUT2D eigenvalue weighted by Crippen LogP contribution is 2.54. The Labute approximate surface area is 289 Å². The Morgan fingerprint density at radius 1 is 0.500 bits per heavy atom. The van der Waals surface area contributed by atoms with Crippen LogP contribution in [-0.4, -0.2) is 0 Å². The Hall–Kier alpha value is -5.66. The quantitative estimate of drug-likeness (QED) is 0.179. The van der Waals surface area contributed by atoms with Crippen molar-refractivity contribution in [3.8, 4) is 33.4 Å². The molecule has 10 rings (SSSR count). The molecule has 0 radical (unpaired) electrons. The first-order valence-corrected chi connectivity index (χ1v) is 14.8. The van der Waals surface area contributed by atoms with E-state index < -0.39 is 102 Å². The molecule has 0 spiro atoms. The number of fused-ring (bicyclic) bond motifs is 10. The molecule has 1 nitrogen and oxygen atoms in total. The van der Waals surface area contributed by atoms with Gasteiger partial charge in [-0.25, -0.2) is 0 Å². The van der Waals surface area contributed by atoms with Crippen molar-refractivity contribution in [2.24, 2.45) is 0 Å². The first kappa shape index (κ1) is 14.6. The summed E-state index contributed by atoms with van der Waals surface area (Å²) in [5.74, 6) is 0. The zero-order chi connectivity index (χ0) is 44.5. The monoisotopic (exact) mass is 602 g/mol. The number of rotatable bonds is 2. The van der Waals surface area contributed by atoms with Crippen molar-refractivity contribution >= 4 is 54.3 Å². The standard InChI is InChI=1S/C45H30O/c1-45(2)37-20-10-9-18-34(37)43-35(19-11-21-38(43)45)42-32-16-7-5-14-30(32)41(31-15-6-8-17-33(31)42)28-23-24-39-36(26-28)44-29-13-4-3-12-27(29)22-25-40(44)46-39/h3-26H,1-2H3/i3D,4D,5D,6D,7D,8D,12D,13D,14D,15D,16D,17D,23D,24D,25D,26D. The Bertz CT molecular complexity index is 3540. The van der Waals surface area contributed by atoms with Gasteiger partial charge in [0.1, 0.15) is 11.2 Å². The average Bonchev–Trinajstić information content (AvgIpc) is 3.77. The fourth-order valence-corrected chi connectivity index (χ4v) is 7.25. The summed E-state index contributed by atoms with van der Waals surface area (Å²) >= 11 is 0. The molecule has 0 N–H and O–H groups in total. The molecule has 1 heterocycles. The van der Waals surface area contributed by atoms with E-state index in [-0.39, 0.29) is 71.4 Å². The highest BCUT2D eigenvalue weighted by molar-refractivity contribution is 6.24. The molecule has 0 bridgehead atoms. The van der Waals surface area contributed by atoms with Gasteiger partial charge in [-0.2, -0.15) is 0 Å². The molecule has 1 aromatic heterocycles. The fourth-order valence-electron chi connectivity index (χ4n) is 7.25. The van der Waals surface area contributed by atoms with Crippen molar-refractivity contribution in [1.29, 1.82) is 0 Å². The van der Waals surface area contributed by atoms with E-state index in [4.69, 9.17) is 16.8 Å². The first-order chi connectivity index (χ1) is 29.2. The minimum atomic E-state index is -0.695. The average molecular weight is 603 g/mol. The van der Waals surface area contributed by atoms with Crippen LogP contribution in [0.3, 0.4) is 0 Å². The van der Waals surface area contributed by atoms with Crippen LogP contribution in [-0.2, 0) is 5.41 Å². The van der Waals surface area contributed by atoms with Crippen molar-refractivity contribution < 1.29 is 26.3 Å². The van der Waals surface area contributed by atoms with E-state index in [1.807, 2.05) is 30.3 Å². The van der Waals surface area contributed by atoms with Crippen molar-refractivity contribution in [3.63, 3.8) is 0 Å².